The summed E-state index contributed by atoms with van der Waals surface area (Å²) in [6.07, 6.45) is 0.234. The molecule has 0 spiro atoms. The van der Waals surface area contributed by atoms with Crippen LogP contribution in [-0.4, -0.2) is 5.11 Å². The minimum atomic E-state index is -0.840. The van der Waals surface area contributed by atoms with Gasteiger partial charge in [-0.1, -0.05) is 55.8 Å². The van der Waals surface area contributed by atoms with Gasteiger partial charge >= 0.3 is 0 Å². The van der Waals surface area contributed by atoms with Crippen molar-refractivity contribution >= 4 is 11.6 Å². The Morgan fingerprint density at radius 3 is 2.15 bits per heavy atom. The second-order valence-electron chi connectivity index (χ2n) is 5.05. The van der Waals surface area contributed by atoms with Crippen molar-refractivity contribution in [3.05, 3.63) is 70.0 Å². The Labute approximate surface area is 124 Å². The van der Waals surface area contributed by atoms with E-state index < -0.39 is 11.9 Å². The first-order chi connectivity index (χ1) is 9.52. The fraction of sp³-hybridized carbons (Fsp3) is 0.294. The van der Waals surface area contributed by atoms with Gasteiger partial charge in [-0.05, 0) is 41.2 Å². The van der Waals surface area contributed by atoms with Gasteiger partial charge < -0.3 is 5.11 Å². The second-order valence-corrected chi connectivity index (χ2v) is 5.46. The van der Waals surface area contributed by atoms with Gasteiger partial charge in [0.05, 0.1) is 5.02 Å². The highest BCUT2D eigenvalue weighted by Crippen LogP contribution is 2.27. The van der Waals surface area contributed by atoms with Gasteiger partial charge in [-0.25, -0.2) is 4.39 Å². The largest absolute Gasteiger partial charge is 0.384 e. The summed E-state index contributed by atoms with van der Waals surface area (Å²) >= 11 is 5.65. The molecule has 0 aliphatic heterocycles. The Morgan fingerprint density at radius 1 is 1.05 bits per heavy atom. The average Bonchev–Trinajstić information content (AvgIpc) is 2.48. The third kappa shape index (κ3) is 3.20. The smallest absolute Gasteiger partial charge is 0.142 e. The molecule has 1 N–H and O–H groups in total. The molecule has 0 fully saturated rings. The van der Waals surface area contributed by atoms with Crippen molar-refractivity contribution in [3.63, 3.8) is 0 Å². The highest BCUT2D eigenvalue weighted by molar-refractivity contribution is 6.30. The SMILES string of the molecule is CCC(C)c1ccc(C(O)c2ccc(Cl)c(F)c2)cc1. The van der Waals surface area contributed by atoms with Crippen molar-refractivity contribution in [2.24, 2.45) is 0 Å². The number of aliphatic hydroxyl groups excluding tert-OH is 1. The molecule has 0 heterocycles. The van der Waals surface area contributed by atoms with E-state index in [4.69, 9.17) is 11.6 Å². The summed E-state index contributed by atoms with van der Waals surface area (Å²) in [6, 6.07) is 12.2. The first kappa shape index (κ1) is 15.0. The number of aliphatic hydroxyl groups is 1. The van der Waals surface area contributed by atoms with Crippen LogP contribution < -0.4 is 0 Å². The summed E-state index contributed by atoms with van der Waals surface area (Å²) in [5.41, 5.74) is 2.49. The van der Waals surface area contributed by atoms with Crippen molar-refractivity contribution < 1.29 is 9.50 Å². The molecule has 20 heavy (non-hydrogen) atoms. The van der Waals surface area contributed by atoms with E-state index in [1.54, 1.807) is 6.07 Å². The van der Waals surface area contributed by atoms with Crippen LogP contribution >= 0.6 is 11.6 Å². The Morgan fingerprint density at radius 2 is 1.60 bits per heavy atom. The lowest BCUT2D eigenvalue weighted by atomic mass is 9.95. The fourth-order valence-corrected chi connectivity index (χ4v) is 2.23. The average molecular weight is 293 g/mol. The van der Waals surface area contributed by atoms with E-state index in [0.29, 0.717) is 11.5 Å². The molecule has 2 rings (SSSR count). The van der Waals surface area contributed by atoms with Crippen LogP contribution in [0.5, 0.6) is 0 Å². The standard InChI is InChI=1S/C17H18ClFO/c1-3-11(2)12-4-6-13(7-5-12)17(20)14-8-9-15(18)16(19)10-14/h4-11,17,20H,3H2,1-2H3. The third-order valence-corrected chi connectivity index (χ3v) is 4.00. The van der Waals surface area contributed by atoms with Crippen molar-refractivity contribution in [2.45, 2.75) is 32.3 Å². The zero-order chi connectivity index (χ0) is 14.7. The molecule has 2 aromatic carbocycles. The van der Waals surface area contributed by atoms with Crippen molar-refractivity contribution in [3.8, 4) is 0 Å². The van der Waals surface area contributed by atoms with Gasteiger partial charge in [0.15, 0.2) is 0 Å². The first-order valence-corrected chi connectivity index (χ1v) is 7.13. The van der Waals surface area contributed by atoms with E-state index in [9.17, 15) is 9.50 Å². The van der Waals surface area contributed by atoms with Gasteiger partial charge in [-0.3, -0.25) is 0 Å². The second kappa shape index (κ2) is 6.38. The maximum Gasteiger partial charge on any atom is 0.142 e. The highest BCUT2D eigenvalue weighted by Gasteiger charge is 2.13. The van der Waals surface area contributed by atoms with E-state index in [-0.39, 0.29) is 5.02 Å². The summed E-state index contributed by atoms with van der Waals surface area (Å²) in [4.78, 5) is 0. The van der Waals surface area contributed by atoms with Crippen molar-refractivity contribution in [2.75, 3.05) is 0 Å². The Balaban J connectivity index is 2.24. The van der Waals surface area contributed by atoms with Crippen molar-refractivity contribution in [1.82, 2.24) is 0 Å². The molecule has 106 valence electrons. The topological polar surface area (TPSA) is 20.2 Å². The van der Waals surface area contributed by atoms with Crippen LogP contribution in [-0.2, 0) is 0 Å². The van der Waals surface area contributed by atoms with Crippen LogP contribution in [0.25, 0.3) is 0 Å². The lowest BCUT2D eigenvalue weighted by Gasteiger charge is -2.14. The van der Waals surface area contributed by atoms with Gasteiger partial charge in [0, 0.05) is 0 Å². The molecular weight excluding hydrogens is 275 g/mol. The van der Waals surface area contributed by atoms with Gasteiger partial charge in [0.1, 0.15) is 11.9 Å². The van der Waals surface area contributed by atoms with E-state index >= 15 is 0 Å². The molecule has 0 bridgehead atoms. The summed E-state index contributed by atoms with van der Waals surface area (Å²) in [7, 11) is 0. The van der Waals surface area contributed by atoms with Crippen LogP contribution in [0.3, 0.4) is 0 Å². The highest BCUT2D eigenvalue weighted by atomic mass is 35.5. The Hall–Kier alpha value is -1.38. The number of hydrogen-bond acceptors (Lipinski definition) is 1. The van der Waals surface area contributed by atoms with Crippen LogP contribution in [0, 0.1) is 5.82 Å². The van der Waals surface area contributed by atoms with E-state index in [1.807, 2.05) is 24.3 Å². The number of halogens is 2. The molecule has 2 unspecified atom stereocenters. The molecule has 3 heteroatoms. The summed E-state index contributed by atoms with van der Waals surface area (Å²) in [5.74, 6) is -0.0198. The fourth-order valence-electron chi connectivity index (χ4n) is 2.12. The molecule has 0 saturated heterocycles. The molecule has 2 aromatic rings. The molecule has 0 aliphatic rings. The first-order valence-electron chi connectivity index (χ1n) is 6.75. The summed E-state index contributed by atoms with van der Waals surface area (Å²) < 4.78 is 13.4. The van der Waals surface area contributed by atoms with E-state index in [2.05, 4.69) is 13.8 Å². The molecule has 0 saturated carbocycles. The maximum atomic E-state index is 13.4. The van der Waals surface area contributed by atoms with Crippen LogP contribution in [0.15, 0.2) is 42.5 Å². The van der Waals surface area contributed by atoms with Crippen molar-refractivity contribution in [1.29, 1.82) is 0 Å². The monoisotopic (exact) mass is 292 g/mol. The minimum absolute atomic E-state index is 0.0630. The normalized spacial score (nSPS) is 14.1. The number of rotatable bonds is 4. The Kier molecular flexibility index (Phi) is 4.79. The van der Waals surface area contributed by atoms with E-state index in [1.165, 1.54) is 17.7 Å². The van der Waals surface area contributed by atoms with E-state index in [0.717, 1.165) is 12.0 Å². The molecule has 0 radical (unpaired) electrons. The third-order valence-electron chi connectivity index (χ3n) is 3.69. The molecular formula is C17H18ClFO. The maximum absolute atomic E-state index is 13.4. The van der Waals surface area contributed by atoms with Crippen LogP contribution in [0.1, 0.15) is 49.0 Å². The van der Waals surface area contributed by atoms with Gasteiger partial charge in [0.25, 0.3) is 0 Å². The van der Waals surface area contributed by atoms with Crippen LogP contribution in [0.4, 0.5) is 4.39 Å². The molecule has 0 aliphatic carbocycles. The van der Waals surface area contributed by atoms with Gasteiger partial charge in [-0.2, -0.15) is 0 Å². The van der Waals surface area contributed by atoms with Gasteiger partial charge in [-0.15, -0.1) is 0 Å². The summed E-state index contributed by atoms with van der Waals surface area (Å²) in [6.45, 7) is 4.31. The predicted octanol–water partition coefficient (Wildman–Crippen LogP) is 5.07. The molecule has 1 nitrogen and oxygen atoms in total. The molecule has 0 aromatic heterocycles. The molecule has 2 atom stereocenters. The molecule has 0 amide bonds. The lowest BCUT2D eigenvalue weighted by molar-refractivity contribution is 0.220. The minimum Gasteiger partial charge on any atom is -0.384 e. The van der Waals surface area contributed by atoms with Gasteiger partial charge in [0.2, 0.25) is 0 Å². The zero-order valence-electron chi connectivity index (χ0n) is 11.6. The Bertz CT molecular complexity index is 580. The summed E-state index contributed by atoms with van der Waals surface area (Å²) in [5, 5.41) is 10.3. The predicted molar refractivity (Wildman–Crippen MR) is 80.6 cm³/mol. The number of hydrogen-bond donors (Lipinski definition) is 1. The van der Waals surface area contributed by atoms with Crippen LogP contribution in [0.2, 0.25) is 5.02 Å². The zero-order valence-corrected chi connectivity index (χ0v) is 12.4. The number of benzene rings is 2. The quantitative estimate of drug-likeness (QED) is 0.833. The lowest BCUT2D eigenvalue weighted by Crippen LogP contribution is -2.01.